The van der Waals surface area contributed by atoms with Gasteiger partial charge in [-0.15, -0.1) is 11.3 Å². The fourth-order valence-corrected chi connectivity index (χ4v) is 6.37. The summed E-state index contributed by atoms with van der Waals surface area (Å²) >= 11 is 1.74. The van der Waals surface area contributed by atoms with E-state index in [0.29, 0.717) is 11.5 Å². The van der Waals surface area contributed by atoms with Crippen LogP contribution in [0.25, 0.3) is 10.2 Å². The Labute approximate surface area is 146 Å². The largest absolute Gasteiger partial charge is 0.353 e. The third-order valence-corrected chi connectivity index (χ3v) is 7.98. The van der Waals surface area contributed by atoms with Crippen LogP contribution in [0.15, 0.2) is 12.4 Å². The molecule has 0 aliphatic carbocycles. The van der Waals surface area contributed by atoms with Gasteiger partial charge in [-0.25, -0.2) is 18.4 Å². The van der Waals surface area contributed by atoms with E-state index in [2.05, 4.69) is 32.8 Å². The van der Waals surface area contributed by atoms with E-state index in [9.17, 15) is 8.42 Å². The number of nitrogens with zero attached hydrogens (tertiary/aromatic N) is 4. The summed E-state index contributed by atoms with van der Waals surface area (Å²) in [6.45, 7) is 5.74. The molecule has 0 bridgehead atoms. The van der Waals surface area contributed by atoms with E-state index in [0.717, 1.165) is 55.1 Å². The van der Waals surface area contributed by atoms with Crippen molar-refractivity contribution in [2.24, 2.45) is 0 Å². The first-order valence-electron chi connectivity index (χ1n) is 8.48. The lowest BCUT2D eigenvalue weighted by molar-refractivity contribution is 0.200. The van der Waals surface area contributed by atoms with Gasteiger partial charge in [-0.05, 0) is 18.9 Å². The van der Waals surface area contributed by atoms with Crippen LogP contribution in [0.1, 0.15) is 18.2 Å². The first kappa shape index (κ1) is 16.2. The van der Waals surface area contributed by atoms with Gasteiger partial charge >= 0.3 is 0 Å². The molecule has 4 rings (SSSR count). The number of piperazine rings is 1. The van der Waals surface area contributed by atoms with Crippen molar-refractivity contribution < 1.29 is 8.42 Å². The number of fused-ring (bicyclic) bond motifs is 1. The van der Waals surface area contributed by atoms with Gasteiger partial charge in [-0.3, -0.25) is 4.90 Å². The molecule has 24 heavy (non-hydrogen) atoms. The Balaban J connectivity index is 1.49. The minimum absolute atomic E-state index is 0.204. The first-order valence-corrected chi connectivity index (χ1v) is 11.1. The molecule has 2 aromatic rings. The molecule has 0 amide bonds. The highest BCUT2D eigenvalue weighted by molar-refractivity contribution is 7.91. The van der Waals surface area contributed by atoms with Gasteiger partial charge in [0, 0.05) is 37.1 Å². The van der Waals surface area contributed by atoms with Crippen molar-refractivity contribution >= 4 is 37.2 Å². The summed E-state index contributed by atoms with van der Waals surface area (Å²) in [7, 11) is -2.81. The quantitative estimate of drug-likeness (QED) is 0.821. The van der Waals surface area contributed by atoms with Gasteiger partial charge in [0.25, 0.3) is 0 Å². The maximum absolute atomic E-state index is 11.7. The molecule has 2 saturated heterocycles. The molecule has 0 N–H and O–H groups in total. The summed E-state index contributed by atoms with van der Waals surface area (Å²) in [5, 5.41) is 1.15. The van der Waals surface area contributed by atoms with Crippen LogP contribution in [-0.4, -0.2) is 67.0 Å². The molecule has 8 heteroatoms. The summed E-state index contributed by atoms with van der Waals surface area (Å²) in [4.78, 5) is 16.0. The Hall–Kier alpha value is -1.25. The topological polar surface area (TPSA) is 66.4 Å². The van der Waals surface area contributed by atoms with Crippen molar-refractivity contribution in [3.05, 3.63) is 17.3 Å². The third-order valence-electron chi connectivity index (χ3n) is 5.05. The number of anilines is 1. The summed E-state index contributed by atoms with van der Waals surface area (Å²) in [5.41, 5.74) is 0. The molecule has 4 heterocycles. The van der Waals surface area contributed by atoms with Crippen LogP contribution in [0.3, 0.4) is 0 Å². The molecule has 130 valence electrons. The van der Waals surface area contributed by atoms with E-state index in [1.807, 2.05) is 0 Å². The average molecular weight is 367 g/mol. The Morgan fingerprint density at radius 2 is 2.04 bits per heavy atom. The van der Waals surface area contributed by atoms with Gasteiger partial charge < -0.3 is 4.90 Å². The second-order valence-electron chi connectivity index (χ2n) is 6.56. The zero-order chi connectivity index (χ0) is 16.7. The fourth-order valence-electron chi connectivity index (χ4n) is 3.68. The molecule has 2 aromatic heterocycles. The Morgan fingerprint density at radius 3 is 2.71 bits per heavy atom. The zero-order valence-electron chi connectivity index (χ0n) is 13.8. The van der Waals surface area contributed by atoms with Gasteiger partial charge in [0.15, 0.2) is 9.84 Å². The Kier molecular flexibility index (Phi) is 4.22. The van der Waals surface area contributed by atoms with Crippen molar-refractivity contribution in [3.63, 3.8) is 0 Å². The number of rotatable bonds is 3. The molecule has 0 aromatic carbocycles. The van der Waals surface area contributed by atoms with Crippen molar-refractivity contribution in [2.75, 3.05) is 42.6 Å². The van der Waals surface area contributed by atoms with Crippen molar-refractivity contribution in [1.82, 2.24) is 14.9 Å². The van der Waals surface area contributed by atoms with Crippen LogP contribution < -0.4 is 4.90 Å². The van der Waals surface area contributed by atoms with Gasteiger partial charge in [0.1, 0.15) is 17.0 Å². The Morgan fingerprint density at radius 1 is 1.25 bits per heavy atom. The number of thiophene rings is 1. The number of hydrogen-bond acceptors (Lipinski definition) is 7. The van der Waals surface area contributed by atoms with E-state index in [4.69, 9.17) is 0 Å². The third kappa shape index (κ3) is 3.02. The van der Waals surface area contributed by atoms with Crippen LogP contribution in [0.4, 0.5) is 5.82 Å². The highest BCUT2D eigenvalue weighted by Crippen LogP contribution is 2.31. The maximum Gasteiger partial charge on any atom is 0.151 e. The number of aryl methyl sites for hydroxylation is 1. The second-order valence-corrected chi connectivity index (χ2v) is 9.91. The predicted molar refractivity (Wildman–Crippen MR) is 97.6 cm³/mol. The molecule has 2 aliphatic rings. The van der Waals surface area contributed by atoms with Crippen LogP contribution in [0, 0.1) is 0 Å². The SMILES string of the molecule is CCc1cc2c(N3CCN([C@@H]4CCS(=O)(=O)C4)CC3)ncnc2s1. The molecule has 0 spiro atoms. The van der Waals surface area contributed by atoms with E-state index >= 15 is 0 Å². The fraction of sp³-hybridized carbons (Fsp3) is 0.625. The van der Waals surface area contributed by atoms with Gasteiger partial charge in [-0.1, -0.05) is 6.92 Å². The number of aromatic nitrogens is 2. The van der Waals surface area contributed by atoms with Crippen LogP contribution in [0.2, 0.25) is 0 Å². The molecular formula is C16H22N4O2S2. The van der Waals surface area contributed by atoms with E-state index in [1.54, 1.807) is 17.7 Å². The summed E-state index contributed by atoms with van der Waals surface area (Å²) in [5.74, 6) is 1.70. The Bertz CT molecular complexity index is 841. The zero-order valence-corrected chi connectivity index (χ0v) is 15.4. The van der Waals surface area contributed by atoms with Crippen molar-refractivity contribution in [1.29, 1.82) is 0 Å². The smallest absolute Gasteiger partial charge is 0.151 e. The molecule has 1 atom stereocenters. The number of sulfone groups is 1. The highest BCUT2D eigenvalue weighted by atomic mass is 32.2. The van der Waals surface area contributed by atoms with Crippen molar-refractivity contribution in [3.8, 4) is 0 Å². The summed E-state index contributed by atoms with van der Waals surface area (Å²) in [6.07, 6.45) is 3.46. The molecule has 0 radical (unpaired) electrons. The molecule has 0 saturated carbocycles. The molecular weight excluding hydrogens is 344 g/mol. The van der Waals surface area contributed by atoms with Gasteiger partial charge in [0.2, 0.25) is 0 Å². The lowest BCUT2D eigenvalue weighted by atomic mass is 10.2. The summed E-state index contributed by atoms with van der Waals surface area (Å²) < 4.78 is 23.4. The molecule has 6 nitrogen and oxygen atoms in total. The van der Waals surface area contributed by atoms with Crippen LogP contribution >= 0.6 is 11.3 Å². The molecule has 0 unspecified atom stereocenters. The predicted octanol–water partition coefficient (Wildman–Crippen LogP) is 1.56. The lowest BCUT2D eigenvalue weighted by Crippen LogP contribution is -2.51. The second kappa shape index (κ2) is 6.24. The normalized spacial score (nSPS) is 24.7. The van der Waals surface area contributed by atoms with Crippen LogP contribution in [-0.2, 0) is 16.3 Å². The highest BCUT2D eigenvalue weighted by Gasteiger charge is 2.34. The number of hydrogen-bond donors (Lipinski definition) is 0. The molecule has 2 fully saturated rings. The van der Waals surface area contributed by atoms with Crippen molar-refractivity contribution in [2.45, 2.75) is 25.8 Å². The van der Waals surface area contributed by atoms with Gasteiger partial charge in [-0.2, -0.15) is 0 Å². The minimum Gasteiger partial charge on any atom is -0.353 e. The monoisotopic (exact) mass is 366 g/mol. The van der Waals surface area contributed by atoms with Crippen LogP contribution in [0.5, 0.6) is 0 Å². The van der Waals surface area contributed by atoms with E-state index in [-0.39, 0.29) is 6.04 Å². The standard InChI is InChI=1S/C16H22N4O2S2/c1-2-13-9-14-15(17-11-18-16(14)23-13)20-6-4-19(5-7-20)12-3-8-24(21,22)10-12/h9,11-12H,2-8,10H2,1H3/t12-/m1/s1. The van der Waals surface area contributed by atoms with E-state index in [1.165, 1.54) is 4.88 Å². The first-order chi connectivity index (χ1) is 11.6. The van der Waals surface area contributed by atoms with Gasteiger partial charge in [0.05, 0.1) is 16.9 Å². The average Bonchev–Trinajstić information content (AvgIpc) is 3.17. The van der Waals surface area contributed by atoms with E-state index < -0.39 is 9.84 Å². The summed E-state index contributed by atoms with van der Waals surface area (Å²) in [6, 6.07) is 2.42. The molecule has 2 aliphatic heterocycles. The lowest BCUT2D eigenvalue weighted by Gasteiger charge is -2.38. The maximum atomic E-state index is 11.7. The minimum atomic E-state index is -2.81.